The van der Waals surface area contributed by atoms with E-state index >= 15 is 0 Å². The molecule has 4 nitrogen and oxygen atoms in total. The lowest BCUT2D eigenvalue weighted by Crippen LogP contribution is -2.14. The summed E-state index contributed by atoms with van der Waals surface area (Å²) < 4.78 is 0. The van der Waals surface area contributed by atoms with Crippen LogP contribution >= 0.6 is 0 Å². The van der Waals surface area contributed by atoms with Crippen LogP contribution in [0.4, 0.5) is 0 Å². The molecule has 3 rings (SSSR count). The van der Waals surface area contributed by atoms with Crippen LogP contribution < -0.4 is 5.56 Å². The van der Waals surface area contributed by atoms with Crippen molar-refractivity contribution in [2.75, 3.05) is 0 Å². The van der Waals surface area contributed by atoms with E-state index in [1.165, 1.54) is 0 Å². The number of H-pyrrole nitrogens is 1. The summed E-state index contributed by atoms with van der Waals surface area (Å²) in [4.78, 5) is 23.5. The molecule has 4 heteroatoms. The summed E-state index contributed by atoms with van der Waals surface area (Å²) >= 11 is 0. The minimum Gasteiger partial charge on any atom is -0.306 e. The Morgan fingerprint density at radius 1 is 1.00 bits per heavy atom. The zero-order valence-electron chi connectivity index (χ0n) is 11.0. The highest BCUT2D eigenvalue weighted by Gasteiger charge is 2.10. The minimum atomic E-state index is -0.127. The van der Waals surface area contributed by atoms with Crippen LogP contribution in [0.25, 0.3) is 22.6 Å². The molecule has 0 spiro atoms. The van der Waals surface area contributed by atoms with Crippen LogP contribution in [0.1, 0.15) is 5.56 Å². The van der Waals surface area contributed by atoms with E-state index in [4.69, 9.17) is 0 Å². The Balaban J connectivity index is 2.22. The van der Waals surface area contributed by atoms with Gasteiger partial charge in [-0.25, -0.2) is 4.98 Å². The van der Waals surface area contributed by atoms with Gasteiger partial charge in [-0.15, -0.1) is 0 Å². The number of aromatic nitrogens is 3. The molecule has 20 heavy (non-hydrogen) atoms. The first kappa shape index (κ1) is 12.3. The highest BCUT2D eigenvalue weighted by molar-refractivity contribution is 5.65. The molecule has 0 amide bonds. The van der Waals surface area contributed by atoms with E-state index in [2.05, 4.69) is 15.0 Å². The maximum Gasteiger partial charge on any atom is 0.254 e. The summed E-state index contributed by atoms with van der Waals surface area (Å²) in [7, 11) is 0. The Morgan fingerprint density at radius 3 is 2.45 bits per heavy atom. The van der Waals surface area contributed by atoms with Crippen molar-refractivity contribution < 1.29 is 0 Å². The fraction of sp³-hybridized carbons (Fsp3) is 0.0625. The maximum absolute atomic E-state index is 12.1. The van der Waals surface area contributed by atoms with Gasteiger partial charge in [-0.2, -0.15) is 0 Å². The number of aromatic amines is 1. The van der Waals surface area contributed by atoms with Gasteiger partial charge in [-0.05, 0) is 19.1 Å². The van der Waals surface area contributed by atoms with E-state index in [-0.39, 0.29) is 5.56 Å². The molecule has 0 aliphatic heterocycles. The van der Waals surface area contributed by atoms with E-state index < -0.39 is 0 Å². The summed E-state index contributed by atoms with van der Waals surface area (Å²) in [6, 6.07) is 13.4. The minimum absolute atomic E-state index is 0.127. The van der Waals surface area contributed by atoms with Crippen LogP contribution in [0.15, 0.2) is 59.7 Å². The van der Waals surface area contributed by atoms with Gasteiger partial charge in [0.1, 0.15) is 5.82 Å². The standard InChI is InChI=1S/C16H13N3O/c1-11-14(12-6-3-2-4-7-12)18-15(19-16(11)20)13-8-5-9-17-10-13/h2-10H,1H3,(H,18,19,20). The molecular weight excluding hydrogens is 250 g/mol. The van der Waals surface area contributed by atoms with Gasteiger partial charge < -0.3 is 4.98 Å². The molecule has 0 radical (unpaired) electrons. The van der Waals surface area contributed by atoms with E-state index in [1.54, 1.807) is 19.3 Å². The topological polar surface area (TPSA) is 58.6 Å². The Kier molecular flexibility index (Phi) is 3.13. The number of nitrogens with one attached hydrogen (secondary N) is 1. The van der Waals surface area contributed by atoms with Crippen LogP contribution in [0.3, 0.4) is 0 Å². The summed E-state index contributed by atoms with van der Waals surface area (Å²) in [5.74, 6) is 0.535. The highest BCUT2D eigenvalue weighted by atomic mass is 16.1. The number of benzene rings is 1. The third-order valence-electron chi connectivity index (χ3n) is 3.13. The largest absolute Gasteiger partial charge is 0.306 e. The van der Waals surface area contributed by atoms with Gasteiger partial charge in [0.25, 0.3) is 5.56 Å². The van der Waals surface area contributed by atoms with Crippen molar-refractivity contribution in [3.8, 4) is 22.6 Å². The molecular formula is C16H13N3O. The molecule has 1 aromatic carbocycles. The Hall–Kier alpha value is -2.75. The molecule has 2 heterocycles. The Bertz CT molecular complexity index is 780. The van der Waals surface area contributed by atoms with Crippen molar-refractivity contribution in [1.29, 1.82) is 0 Å². The van der Waals surface area contributed by atoms with Crippen molar-refractivity contribution in [3.63, 3.8) is 0 Å². The van der Waals surface area contributed by atoms with E-state index in [0.717, 1.165) is 11.1 Å². The van der Waals surface area contributed by atoms with Crippen molar-refractivity contribution in [2.24, 2.45) is 0 Å². The molecule has 0 fully saturated rings. The van der Waals surface area contributed by atoms with Gasteiger partial charge in [0, 0.05) is 29.1 Å². The first-order chi connectivity index (χ1) is 9.75. The molecule has 0 saturated heterocycles. The number of nitrogens with zero attached hydrogens (tertiary/aromatic N) is 2. The van der Waals surface area contributed by atoms with Gasteiger partial charge in [-0.3, -0.25) is 9.78 Å². The highest BCUT2D eigenvalue weighted by Crippen LogP contribution is 2.21. The van der Waals surface area contributed by atoms with Crippen molar-refractivity contribution >= 4 is 0 Å². The van der Waals surface area contributed by atoms with Gasteiger partial charge in [-0.1, -0.05) is 30.3 Å². The molecule has 0 unspecified atom stereocenters. The number of hydrogen-bond acceptors (Lipinski definition) is 3. The molecule has 0 aliphatic rings. The molecule has 0 bridgehead atoms. The van der Waals surface area contributed by atoms with Crippen LogP contribution in [0.5, 0.6) is 0 Å². The lowest BCUT2D eigenvalue weighted by molar-refractivity contribution is 1.09. The first-order valence-electron chi connectivity index (χ1n) is 6.32. The Labute approximate surface area is 116 Å². The maximum atomic E-state index is 12.1. The predicted octanol–water partition coefficient (Wildman–Crippen LogP) is 2.81. The lowest BCUT2D eigenvalue weighted by atomic mass is 10.1. The monoisotopic (exact) mass is 263 g/mol. The SMILES string of the molecule is Cc1c(-c2ccccc2)nc(-c2cccnc2)[nH]c1=O. The quantitative estimate of drug-likeness (QED) is 0.773. The fourth-order valence-electron chi connectivity index (χ4n) is 2.05. The molecule has 1 N–H and O–H groups in total. The third kappa shape index (κ3) is 2.23. The Morgan fingerprint density at radius 2 is 1.75 bits per heavy atom. The molecule has 3 aromatic rings. The van der Waals surface area contributed by atoms with Gasteiger partial charge >= 0.3 is 0 Å². The second-order valence-corrected chi connectivity index (χ2v) is 4.50. The van der Waals surface area contributed by atoms with Crippen LogP contribution in [-0.2, 0) is 0 Å². The average molecular weight is 263 g/mol. The second-order valence-electron chi connectivity index (χ2n) is 4.50. The smallest absolute Gasteiger partial charge is 0.254 e. The normalized spacial score (nSPS) is 10.4. The van der Waals surface area contributed by atoms with E-state index in [0.29, 0.717) is 17.1 Å². The number of pyridine rings is 1. The summed E-state index contributed by atoms with van der Waals surface area (Å²) in [6.45, 7) is 1.78. The van der Waals surface area contributed by atoms with Gasteiger partial charge in [0.15, 0.2) is 0 Å². The molecule has 0 aliphatic carbocycles. The molecule has 0 atom stereocenters. The summed E-state index contributed by atoms with van der Waals surface area (Å²) in [5.41, 5.74) is 2.91. The van der Waals surface area contributed by atoms with Gasteiger partial charge in [0.05, 0.1) is 5.69 Å². The first-order valence-corrected chi connectivity index (χ1v) is 6.32. The predicted molar refractivity (Wildman–Crippen MR) is 78.3 cm³/mol. The molecule has 98 valence electrons. The second kappa shape index (κ2) is 5.09. The van der Waals surface area contributed by atoms with Crippen molar-refractivity contribution in [3.05, 3.63) is 70.8 Å². The van der Waals surface area contributed by atoms with Crippen LogP contribution in [-0.4, -0.2) is 15.0 Å². The lowest BCUT2D eigenvalue weighted by Gasteiger charge is -2.07. The third-order valence-corrected chi connectivity index (χ3v) is 3.13. The number of rotatable bonds is 2. The summed E-state index contributed by atoms with van der Waals surface area (Å²) in [6.07, 6.45) is 3.37. The molecule has 2 aromatic heterocycles. The summed E-state index contributed by atoms with van der Waals surface area (Å²) in [5, 5.41) is 0. The van der Waals surface area contributed by atoms with Crippen molar-refractivity contribution in [2.45, 2.75) is 6.92 Å². The zero-order valence-corrected chi connectivity index (χ0v) is 11.0. The van der Waals surface area contributed by atoms with Crippen LogP contribution in [0, 0.1) is 6.92 Å². The van der Waals surface area contributed by atoms with Crippen molar-refractivity contribution in [1.82, 2.24) is 15.0 Å². The van der Waals surface area contributed by atoms with Gasteiger partial charge in [0.2, 0.25) is 0 Å². The fourth-order valence-corrected chi connectivity index (χ4v) is 2.05. The number of hydrogen-bond donors (Lipinski definition) is 1. The van der Waals surface area contributed by atoms with E-state index in [1.807, 2.05) is 42.5 Å². The average Bonchev–Trinajstić information content (AvgIpc) is 2.51. The zero-order chi connectivity index (χ0) is 13.9. The molecule has 0 saturated carbocycles. The van der Waals surface area contributed by atoms with Crippen LogP contribution in [0.2, 0.25) is 0 Å². The van der Waals surface area contributed by atoms with E-state index in [9.17, 15) is 4.79 Å².